The maximum Gasteiger partial charge on any atom is -0.0218 e. The van der Waals surface area contributed by atoms with Crippen LogP contribution < -0.4 is 0 Å². The van der Waals surface area contributed by atoms with Gasteiger partial charge in [0.1, 0.15) is 0 Å². The molecule has 102 valence electrons. The van der Waals surface area contributed by atoms with Crippen molar-refractivity contribution in [3.05, 3.63) is 0 Å². The maximum absolute atomic E-state index is 2.56. The Hall–Kier alpha value is 0. The minimum absolute atomic E-state index is 0.464. The lowest BCUT2D eigenvalue weighted by Gasteiger charge is -2.51. The molecule has 0 heteroatoms. The smallest absolute Gasteiger partial charge is 0.0218 e. The van der Waals surface area contributed by atoms with Gasteiger partial charge in [-0.2, -0.15) is 0 Å². The quantitative estimate of drug-likeness (QED) is 0.571. The Bertz CT molecular complexity index is 227. The first-order valence-electron chi connectivity index (χ1n) is 7.81. The summed E-state index contributed by atoms with van der Waals surface area (Å²) < 4.78 is 0. The normalized spacial score (nSPS) is 33.9. The molecule has 0 amide bonds. The van der Waals surface area contributed by atoms with Crippen LogP contribution in [0.3, 0.4) is 0 Å². The Kier molecular flexibility index (Phi) is 4.07. The summed E-state index contributed by atoms with van der Waals surface area (Å²) >= 11 is 0. The minimum Gasteiger partial charge on any atom is -0.0648 e. The molecule has 0 aromatic heterocycles. The summed E-state index contributed by atoms with van der Waals surface area (Å²) in [6.45, 7) is 19.8. The van der Waals surface area contributed by atoms with E-state index in [2.05, 4.69) is 55.4 Å². The van der Waals surface area contributed by atoms with Crippen molar-refractivity contribution in [2.75, 3.05) is 0 Å². The van der Waals surface area contributed by atoms with Gasteiger partial charge in [0.15, 0.2) is 0 Å². The van der Waals surface area contributed by atoms with Crippen LogP contribution in [-0.2, 0) is 0 Å². The van der Waals surface area contributed by atoms with E-state index in [-0.39, 0.29) is 0 Å². The summed E-state index contributed by atoms with van der Waals surface area (Å²) in [6, 6.07) is 0. The Morgan fingerprint density at radius 1 is 0.647 bits per heavy atom. The third-order valence-corrected chi connectivity index (χ3v) is 7.51. The largest absolute Gasteiger partial charge is 0.0648 e. The van der Waals surface area contributed by atoms with E-state index in [9.17, 15) is 0 Å². The van der Waals surface area contributed by atoms with E-state index in [4.69, 9.17) is 0 Å². The Morgan fingerprint density at radius 3 is 1.00 bits per heavy atom. The Balaban J connectivity index is 3.41. The van der Waals surface area contributed by atoms with E-state index < -0.39 is 0 Å². The van der Waals surface area contributed by atoms with Crippen LogP contribution in [0.4, 0.5) is 0 Å². The SMILES string of the molecule is CCC1(CC)C(C)C(C)C(CC)(CC)C1(C)C. The molecule has 0 heterocycles. The third-order valence-electron chi connectivity index (χ3n) is 7.51. The lowest BCUT2D eigenvalue weighted by Crippen LogP contribution is -2.44. The van der Waals surface area contributed by atoms with Crippen molar-refractivity contribution >= 4 is 0 Å². The molecule has 1 saturated carbocycles. The first kappa shape index (κ1) is 15.1. The van der Waals surface area contributed by atoms with Crippen LogP contribution in [0.5, 0.6) is 0 Å². The summed E-state index contributed by atoms with van der Waals surface area (Å²) in [5.41, 5.74) is 1.54. The van der Waals surface area contributed by atoms with Gasteiger partial charge in [0, 0.05) is 0 Å². The van der Waals surface area contributed by atoms with Crippen molar-refractivity contribution in [3.63, 3.8) is 0 Å². The van der Waals surface area contributed by atoms with Gasteiger partial charge < -0.3 is 0 Å². The monoisotopic (exact) mass is 238 g/mol. The third kappa shape index (κ3) is 1.48. The fourth-order valence-electron chi connectivity index (χ4n) is 6.15. The molecular weight excluding hydrogens is 204 g/mol. The minimum atomic E-state index is 0.464. The van der Waals surface area contributed by atoms with Crippen molar-refractivity contribution in [1.82, 2.24) is 0 Å². The summed E-state index contributed by atoms with van der Waals surface area (Å²) in [7, 11) is 0. The highest BCUT2D eigenvalue weighted by atomic mass is 14.7. The predicted molar refractivity (Wildman–Crippen MR) is 78.1 cm³/mol. The van der Waals surface area contributed by atoms with E-state index in [0.29, 0.717) is 16.2 Å². The molecule has 1 aliphatic rings. The van der Waals surface area contributed by atoms with Crippen LogP contribution in [0.1, 0.15) is 81.1 Å². The molecule has 1 fully saturated rings. The second kappa shape index (κ2) is 4.59. The topological polar surface area (TPSA) is 0 Å². The highest BCUT2D eigenvalue weighted by molar-refractivity contribution is 5.13. The van der Waals surface area contributed by atoms with Crippen LogP contribution in [0.15, 0.2) is 0 Å². The van der Waals surface area contributed by atoms with Gasteiger partial charge in [0.05, 0.1) is 0 Å². The molecule has 0 saturated heterocycles. The van der Waals surface area contributed by atoms with E-state index >= 15 is 0 Å². The molecule has 0 spiro atoms. The van der Waals surface area contributed by atoms with E-state index in [0.717, 1.165) is 11.8 Å². The van der Waals surface area contributed by atoms with Crippen LogP contribution in [0.2, 0.25) is 0 Å². The molecule has 1 aliphatic carbocycles. The molecule has 1 rings (SSSR count). The highest BCUT2D eigenvalue weighted by Crippen LogP contribution is 2.72. The highest BCUT2D eigenvalue weighted by Gasteiger charge is 2.65. The molecule has 2 unspecified atom stereocenters. The molecule has 0 N–H and O–H groups in total. The first-order valence-corrected chi connectivity index (χ1v) is 7.81. The van der Waals surface area contributed by atoms with Crippen LogP contribution in [0, 0.1) is 28.1 Å². The second-order valence-corrected chi connectivity index (χ2v) is 6.93. The first-order chi connectivity index (χ1) is 7.81. The zero-order valence-corrected chi connectivity index (χ0v) is 13.5. The summed E-state index contributed by atoms with van der Waals surface area (Å²) in [4.78, 5) is 0. The zero-order valence-electron chi connectivity index (χ0n) is 13.5. The van der Waals surface area contributed by atoms with Crippen molar-refractivity contribution < 1.29 is 0 Å². The number of hydrogen-bond donors (Lipinski definition) is 0. The van der Waals surface area contributed by atoms with Crippen LogP contribution >= 0.6 is 0 Å². The number of rotatable bonds is 4. The standard InChI is InChI=1S/C17H34/c1-9-16(10-2)13(5)14(6)17(11-3,12-4)15(16,7)8/h13-14H,9-12H2,1-8H3. The Labute approximate surface area is 110 Å². The molecule has 0 bridgehead atoms. The van der Waals surface area contributed by atoms with Crippen molar-refractivity contribution in [3.8, 4) is 0 Å². The fourth-order valence-corrected chi connectivity index (χ4v) is 6.15. The molecule has 0 aromatic rings. The lowest BCUT2D eigenvalue weighted by atomic mass is 9.53. The van der Waals surface area contributed by atoms with Crippen molar-refractivity contribution in [2.24, 2.45) is 28.1 Å². The van der Waals surface area contributed by atoms with Crippen molar-refractivity contribution in [1.29, 1.82) is 0 Å². The van der Waals surface area contributed by atoms with E-state index in [1.165, 1.54) is 25.7 Å². The van der Waals surface area contributed by atoms with Gasteiger partial charge in [-0.05, 0) is 53.8 Å². The van der Waals surface area contributed by atoms with Gasteiger partial charge in [0.25, 0.3) is 0 Å². The van der Waals surface area contributed by atoms with Gasteiger partial charge in [-0.25, -0.2) is 0 Å². The average Bonchev–Trinajstić information content (AvgIpc) is 2.43. The molecule has 0 nitrogen and oxygen atoms in total. The predicted octanol–water partition coefficient (Wildman–Crippen LogP) is 5.91. The number of hydrogen-bond acceptors (Lipinski definition) is 0. The lowest BCUT2D eigenvalue weighted by molar-refractivity contribution is -0.0260. The van der Waals surface area contributed by atoms with E-state index in [1.807, 2.05) is 0 Å². The van der Waals surface area contributed by atoms with Crippen LogP contribution in [0.25, 0.3) is 0 Å². The summed E-state index contributed by atoms with van der Waals surface area (Å²) in [5.74, 6) is 1.71. The van der Waals surface area contributed by atoms with Crippen molar-refractivity contribution in [2.45, 2.75) is 81.1 Å². The zero-order chi connectivity index (χ0) is 13.5. The van der Waals surface area contributed by atoms with Gasteiger partial charge in [-0.15, -0.1) is 0 Å². The second-order valence-electron chi connectivity index (χ2n) is 6.93. The van der Waals surface area contributed by atoms with Crippen LogP contribution in [-0.4, -0.2) is 0 Å². The molecule has 2 atom stereocenters. The molecule has 17 heavy (non-hydrogen) atoms. The van der Waals surface area contributed by atoms with Gasteiger partial charge in [-0.3, -0.25) is 0 Å². The summed E-state index contributed by atoms with van der Waals surface area (Å²) in [5, 5.41) is 0. The molecule has 0 radical (unpaired) electrons. The van der Waals surface area contributed by atoms with Gasteiger partial charge >= 0.3 is 0 Å². The molecule has 0 aromatic carbocycles. The van der Waals surface area contributed by atoms with Gasteiger partial charge in [0.2, 0.25) is 0 Å². The molecular formula is C17H34. The Morgan fingerprint density at radius 2 is 0.882 bits per heavy atom. The summed E-state index contributed by atoms with van der Waals surface area (Å²) in [6.07, 6.45) is 5.35. The maximum atomic E-state index is 2.56. The fraction of sp³-hybridized carbons (Fsp3) is 1.00. The average molecular weight is 238 g/mol. The van der Waals surface area contributed by atoms with E-state index in [1.54, 1.807) is 0 Å². The van der Waals surface area contributed by atoms with Gasteiger partial charge in [-0.1, -0.05) is 55.4 Å². The molecule has 0 aliphatic heterocycles.